The topological polar surface area (TPSA) is 213 Å². The molecule has 1 aromatic carbocycles. The van der Waals surface area contributed by atoms with E-state index in [0.29, 0.717) is 5.56 Å². The van der Waals surface area contributed by atoms with Crippen LogP contribution in [0.3, 0.4) is 0 Å². The Balaban J connectivity index is 1.50. The lowest BCUT2D eigenvalue weighted by molar-refractivity contribution is -0.346. The molecule has 38 heavy (non-hydrogen) atoms. The molecule has 3 aliphatic rings. The molecule has 1 aromatic rings. The first-order chi connectivity index (χ1) is 18.0. The summed E-state index contributed by atoms with van der Waals surface area (Å²) in [5, 5.41) is 70.1. The number of carboxylic acid groups (broad SMARTS) is 1. The molecular formula is C25H28O13. The van der Waals surface area contributed by atoms with Crippen LogP contribution in [0, 0.1) is 11.8 Å². The number of phenolic OH excluding ortho intramolecular Hbond substituents is 1. The minimum absolute atomic E-state index is 0.0551. The maximum atomic E-state index is 12.3. The second kappa shape index (κ2) is 11.2. The molecule has 9 atom stereocenters. The predicted molar refractivity (Wildman–Crippen MR) is 125 cm³/mol. The largest absolute Gasteiger partial charge is 0.508 e. The van der Waals surface area contributed by atoms with Gasteiger partial charge in [0.25, 0.3) is 0 Å². The van der Waals surface area contributed by atoms with Crippen LogP contribution in [0.25, 0.3) is 6.08 Å². The number of phenols is 1. The van der Waals surface area contributed by atoms with Gasteiger partial charge in [0.1, 0.15) is 42.4 Å². The lowest BCUT2D eigenvalue weighted by Gasteiger charge is -2.44. The standard InChI is InChI=1S/C25H28O13/c26-9-16-19(29)20(30)21(31)24(37-16)38-23-18-14(15(10-35-23)22(32)33)7-8-25(18,34)11-36-17(28)6-3-12-1-4-13(27)5-2-12/h1-8,10,14,16,18-21,23-24,26-27,29-31,34H,9,11H2,(H,32,33)/b6-3+. The van der Waals surface area contributed by atoms with Crippen LogP contribution in [0.4, 0.5) is 0 Å². The minimum Gasteiger partial charge on any atom is -0.508 e. The molecule has 1 aliphatic carbocycles. The second-order valence-electron chi connectivity index (χ2n) is 9.15. The van der Waals surface area contributed by atoms with Gasteiger partial charge in [0, 0.05) is 12.0 Å². The summed E-state index contributed by atoms with van der Waals surface area (Å²) in [6.45, 7) is -1.32. The average Bonchev–Trinajstić information content (AvgIpc) is 3.25. The van der Waals surface area contributed by atoms with E-state index in [1.807, 2.05) is 0 Å². The highest BCUT2D eigenvalue weighted by Gasteiger charge is 2.56. The Labute approximate surface area is 216 Å². The summed E-state index contributed by atoms with van der Waals surface area (Å²) in [5.41, 5.74) is -1.58. The van der Waals surface area contributed by atoms with Crippen molar-refractivity contribution in [2.24, 2.45) is 11.8 Å². The van der Waals surface area contributed by atoms with Crippen LogP contribution >= 0.6 is 0 Å². The van der Waals surface area contributed by atoms with Gasteiger partial charge in [-0.2, -0.15) is 0 Å². The molecule has 2 heterocycles. The van der Waals surface area contributed by atoms with Gasteiger partial charge in [-0.3, -0.25) is 0 Å². The van der Waals surface area contributed by atoms with Crippen molar-refractivity contribution in [3.05, 3.63) is 59.9 Å². The Hall–Kier alpha value is -3.30. The summed E-state index contributed by atoms with van der Waals surface area (Å²) in [6, 6.07) is 6.00. The van der Waals surface area contributed by atoms with Crippen molar-refractivity contribution >= 4 is 18.0 Å². The number of carboxylic acids is 1. The molecule has 4 rings (SSSR count). The maximum Gasteiger partial charge on any atom is 0.335 e. The molecular weight excluding hydrogens is 508 g/mol. The molecule has 0 saturated carbocycles. The number of rotatable bonds is 8. The van der Waals surface area contributed by atoms with E-state index in [-0.39, 0.29) is 11.3 Å². The van der Waals surface area contributed by atoms with Crippen molar-refractivity contribution in [3.8, 4) is 5.75 Å². The first-order valence-electron chi connectivity index (χ1n) is 11.6. The average molecular weight is 536 g/mol. The molecule has 206 valence electrons. The number of hydrogen-bond donors (Lipinski definition) is 7. The van der Waals surface area contributed by atoms with Crippen LogP contribution in [0.2, 0.25) is 0 Å². The van der Waals surface area contributed by atoms with Crippen molar-refractivity contribution in [1.29, 1.82) is 0 Å². The first kappa shape index (κ1) is 27.7. The fraction of sp³-hybridized carbons (Fsp3) is 0.440. The zero-order valence-electron chi connectivity index (χ0n) is 19.8. The summed E-state index contributed by atoms with van der Waals surface area (Å²) < 4.78 is 21.6. The monoisotopic (exact) mass is 536 g/mol. The molecule has 0 bridgehead atoms. The zero-order chi connectivity index (χ0) is 27.6. The Morgan fingerprint density at radius 2 is 1.76 bits per heavy atom. The van der Waals surface area contributed by atoms with E-state index in [9.17, 15) is 45.3 Å². The van der Waals surface area contributed by atoms with Gasteiger partial charge in [-0.15, -0.1) is 0 Å². The summed E-state index contributed by atoms with van der Waals surface area (Å²) in [6.07, 6.45) is -3.40. The van der Waals surface area contributed by atoms with Gasteiger partial charge in [0.05, 0.1) is 24.4 Å². The lowest BCUT2D eigenvalue weighted by atomic mass is 9.79. The molecule has 0 radical (unpaired) electrons. The number of fused-ring (bicyclic) bond motifs is 1. The normalized spacial score (nSPS) is 36.4. The number of aliphatic hydroxyl groups excluding tert-OH is 4. The highest BCUT2D eigenvalue weighted by Crippen LogP contribution is 2.45. The third-order valence-corrected chi connectivity index (χ3v) is 6.65. The van der Waals surface area contributed by atoms with Crippen molar-refractivity contribution in [2.75, 3.05) is 13.2 Å². The molecule has 7 N–H and O–H groups in total. The number of carbonyl (C=O) groups is 2. The van der Waals surface area contributed by atoms with E-state index in [4.69, 9.17) is 18.9 Å². The van der Waals surface area contributed by atoms with Crippen LogP contribution in [0.15, 0.2) is 54.3 Å². The van der Waals surface area contributed by atoms with Gasteiger partial charge in [-0.1, -0.05) is 24.3 Å². The van der Waals surface area contributed by atoms with Gasteiger partial charge < -0.3 is 54.7 Å². The number of allylic oxidation sites excluding steroid dienone is 1. The summed E-state index contributed by atoms with van der Waals surface area (Å²) in [4.78, 5) is 24.1. The SMILES string of the molecule is O=C(/C=C/c1ccc(O)cc1)OCC1(O)C=CC2C(C(=O)O)=COC(OC3OC(CO)C(O)C(O)C3O)C21. The van der Waals surface area contributed by atoms with E-state index in [0.717, 1.165) is 12.3 Å². The number of aliphatic hydroxyl groups is 5. The van der Waals surface area contributed by atoms with Gasteiger partial charge in [0.15, 0.2) is 6.29 Å². The van der Waals surface area contributed by atoms with Crippen molar-refractivity contribution < 1.29 is 64.3 Å². The molecule has 1 fully saturated rings. The van der Waals surface area contributed by atoms with Crippen molar-refractivity contribution in [1.82, 2.24) is 0 Å². The van der Waals surface area contributed by atoms with Crippen LogP contribution < -0.4 is 0 Å². The summed E-state index contributed by atoms with van der Waals surface area (Å²) in [5.74, 6) is -4.23. The predicted octanol–water partition coefficient (Wildman–Crippen LogP) is -1.38. The number of aliphatic carboxylic acids is 1. The molecule has 13 nitrogen and oxygen atoms in total. The smallest absolute Gasteiger partial charge is 0.335 e. The Bertz CT molecular complexity index is 1110. The third kappa shape index (κ3) is 5.59. The highest BCUT2D eigenvalue weighted by molar-refractivity contribution is 5.88. The van der Waals surface area contributed by atoms with Gasteiger partial charge >= 0.3 is 11.9 Å². The second-order valence-corrected chi connectivity index (χ2v) is 9.15. The fourth-order valence-corrected chi connectivity index (χ4v) is 4.57. The molecule has 9 unspecified atom stereocenters. The number of carbonyl (C=O) groups excluding carboxylic acids is 1. The van der Waals surface area contributed by atoms with E-state index in [1.165, 1.54) is 30.4 Å². The van der Waals surface area contributed by atoms with Crippen LogP contribution in [-0.2, 0) is 28.5 Å². The number of esters is 1. The van der Waals surface area contributed by atoms with E-state index >= 15 is 0 Å². The number of benzene rings is 1. The Kier molecular flexibility index (Phi) is 8.18. The Morgan fingerprint density at radius 3 is 2.42 bits per heavy atom. The fourth-order valence-electron chi connectivity index (χ4n) is 4.57. The highest BCUT2D eigenvalue weighted by atomic mass is 16.8. The van der Waals surface area contributed by atoms with Crippen LogP contribution in [-0.4, -0.2) is 103 Å². The van der Waals surface area contributed by atoms with Crippen LogP contribution in [0.1, 0.15) is 5.56 Å². The van der Waals surface area contributed by atoms with Crippen molar-refractivity contribution in [3.63, 3.8) is 0 Å². The number of aromatic hydroxyl groups is 1. The summed E-state index contributed by atoms with van der Waals surface area (Å²) in [7, 11) is 0. The molecule has 1 saturated heterocycles. The molecule has 0 spiro atoms. The molecule has 0 amide bonds. The quantitative estimate of drug-likeness (QED) is 0.116. The third-order valence-electron chi connectivity index (χ3n) is 6.65. The van der Waals surface area contributed by atoms with Gasteiger partial charge in [0.2, 0.25) is 6.29 Å². The molecule has 2 aliphatic heterocycles. The Morgan fingerprint density at radius 1 is 1.05 bits per heavy atom. The molecule has 13 heteroatoms. The van der Waals surface area contributed by atoms with Crippen LogP contribution in [0.5, 0.6) is 5.75 Å². The van der Waals surface area contributed by atoms with E-state index < -0.39 is 79.6 Å². The van der Waals surface area contributed by atoms with Gasteiger partial charge in [-0.05, 0) is 23.8 Å². The lowest BCUT2D eigenvalue weighted by Crippen LogP contribution is -2.61. The maximum absolute atomic E-state index is 12.3. The zero-order valence-corrected chi connectivity index (χ0v) is 19.8. The first-order valence-corrected chi connectivity index (χ1v) is 11.6. The van der Waals surface area contributed by atoms with E-state index in [1.54, 1.807) is 12.1 Å². The van der Waals surface area contributed by atoms with Crippen molar-refractivity contribution in [2.45, 2.75) is 42.6 Å². The molecule has 0 aromatic heterocycles. The minimum atomic E-state index is -1.97. The number of hydrogen-bond acceptors (Lipinski definition) is 12. The summed E-state index contributed by atoms with van der Waals surface area (Å²) >= 11 is 0. The van der Waals surface area contributed by atoms with Gasteiger partial charge in [-0.25, -0.2) is 9.59 Å². The number of ether oxygens (including phenoxy) is 4. The van der Waals surface area contributed by atoms with E-state index in [2.05, 4.69) is 0 Å².